The predicted octanol–water partition coefficient (Wildman–Crippen LogP) is 5.96. The van der Waals surface area contributed by atoms with Crippen LogP contribution in [0.1, 0.15) is 11.1 Å². The van der Waals surface area contributed by atoms with Crippen molar-refractivity contribution in [3.8, 4) is 0 Å². The Hall–Kier alpha value is -3.68. The van der Waals surface area contributed by atoms with Gasteiger partial charge in [0.2, 0.25) is 11.6 Å². The average molecular weight is 479 g/mol. The van der Waals surface area contributed by atoms with Gasteiger partial charge in [-0.1, -0.05) is 11.6 Å². The van der Waals surface area contributed by atoms with Crippen LogP contribution in [0.15, 0.2) is 42.9 Å². The van der Waals surface area contributed by atoms with Crippen molar-refractivity contribution in [1.82, 2.24) is 15.0 Å². The summed E-state index contributed by atoms with van der Waals surface area (Å²) in [5.74, 6) is -1.20. The molecule has 0 aliphatic rings. The second-order valence-corrected chi connectivity index (χ2v) is 6.46. The second kappa shape index (κ2) is 8.45. The molecule has 2 heterocycles. The third-order valence-corrected chi connectivity index (χ3v) is 4.17. The van der Waals surface area contributed by atoms with E-state index >= 15 is 0 Å². The van der Waals surface area contributed by atoms with Crippen molar-refractivity contribution in [2.45, 2.75) is 12.4 Å². The maximum Gasteiger partial charge on any atom is 0.417 e. The number of anilines is 4. The van der Waals surface area contributed by atoms with Crippen LogP contribution in [0.2, 0.25) is 5.02 Å². The predicted molar refractivity (Wildman–Crippen MR) is 101 cm³/mol. The van der Waals surface area contributed by atoms with Gasteiger partial charge in [-0.25, -0.2) is 15.0 Å². The fourth-order valence-corrected chi connectivity index (χ4v) is 2.62. The number of halogens is 7. The van der Waals surface area contributed by atoms with Crippen LogP contribution in [0.25, 0.3) is 0 Å². The lowest BCUT2D eigenvalue weighted by Gasteiger charge is -2.12. The Morgan fingerprint density at radius 3 is 1.91 bits per heavy atom. The van der Waals surface area contributed by atoms with Crippen molar-refractivity contribution in [3.63, 3.8) is 0 Å². The Morgan fingerprint density at radius 1 is 0.844 bits per heavy atom. The zero-order chi connectivity index (χ0) is 23.7. The summed E-state index contributed by atoms with van der Waals surface area (Å²) in [7, 11) is 0. The lowest BCUT2D eigenvalue weighted by molar-refractivity contribution is -0.383. The van der Waals surface area contributed by atoms with Crippen LogP contribution in [0.4, 0.5) is 55.2 Å². The van der Waals surface area contributed by atoms with Crippen molar-refractivity contribution in [2.24, 2.45) is 0 Å². The number of nitrogens with zero attached hydrogens (tertiary/aromatic N) is 4. The first-order valence-corrected chi connectivity index (χ1v) is 8.67. The van der Waals surface area contributed by atoms with E-state index in [-0.39, 0.29) is 11.5 Å². The van der Waals surface area contributed by atoms with E-state index in [2.05, 4.69) is 25.6 Å². The quantitative estimate of drug-likeness (QED) is 0.265. The van der Waals surface area contributed by atoms with Gasteiger partial charge in [-0.05, 0) is 30.3 Å². The van der Waals surface area contributed by atoms with Gasteiger partial charge in [-0.15, -0.1) is 0 Å². The molecule has 0 aliphatic carbocycles. The number of alkyl halides is 6. The number of aromatic nitrogens is 3. The van der Waals surface area contributed by atoms with Crippen LogP contribution < -0.4 is 10.6 Å². The maximum atomic E-state index is 12.7. The molecule has 0 radical (unpaired) electrons. The highest BCUT2D eigenvalue weighted by Crippen LogP contribution is 2.37. The molecule has 3 aromatic rings. The largest absolute Gasteiger partial charge is 0.417 e. The third-order valence-electron chi connectivity index (χ3n) is 3.89. The zero-order valence-electron chi connectivity index (χ0n) is 15.3. The van der Waals surface area contributed by atoms with Gasteiger partial charge in [-0.2, -0.15) is 26.3 Å². The molecule has 0 atom stereocenters. The Labute approximate surface area is 179 Å². The lowest BCUT2D eigenvalue weighted by Crippen LogP contribution is -2.09. The van der Waals surface area contributed by atoms with Gasteiger partial charge in [0.25, 0.3) is 0 Å². The van der Waals surface area contributed by atoms with E-state index in [1.54, 1.807) is 0 Å². The number of benzene rings is 1. The van der Waals surface area contributed by atoms with Gasteiger partial charge in [-0.3, -0.25) is 10.1 Å². The van der Waals surface area contributed by atoms with Crippen LogP contribution >= 0.6 is 11.6 Å². The number of nitrogens with one attached hydrogen (secondary N) is 2. The standard InChI is InChI=1S/C17H9ClF6N6O2/c18-11-5-9(17(22,23)24)6-25-13(11)29-15-12(30(31)32)14(26-7-27-15)28-10-3-1-8(2-4-10)16(19,20)21/h1-7H,(H2,25,26,27,28,29). The van der Waals surface area contributed by atoms with E-state index in [0.29, 0.717) is 12.3 Å². The van der Waals surface area contributed by atoms with E-state index in [1.807, 2.05) is 0 Å². The topological polar surface area (TPSA) is 106 Å². The summed E-state index contributed by atoms with van der Waals surface area (Å²) in [5, 5.41) is 16.0. The van der Waals surface area contributed by atoms with Crippen molar-refractivity contribution in [3.05, 3.63) is 69.1 Å². The first-order valence-electron chi connectivity index (χ1n) is 8.29. The molecule has 0 aliphatic heterocycles. The lowest BCUT2D eigenvalue weighted by atomic mass is 10.2. The molecule has 0 saturated carbocycles. The normalized spacial score (nSPS) is 11.8. The van der Waals surface area contributed by atoms with Crippen LogP contribution in [0.3, 0.4) is 0 Å². The molecule has 1 aromatic carbocycles. The highest BCUT2D eigenvalue weighted by atomic mass is 35.5. The summed E-state index contributed by atoms with van der Waals surface area (Å²) in [5.41, 5.74) is -2.75. The minimum Gasteiger partial charge on any atom is -0.334 e. The van der Waals surface area contributed by atoms with Crippen molar-refractivity contribution in [2.75, 3.05) is 10.6 Å². The van der Waals surface area contributed by atoms with Crippen LogP contribution in [-0.2, 0) is 12.4 Å². The molecular weight excluding hydrogens is 470 g/mol. The average Bonchev–Trinajstić information content (AvgIpc) is 2.68. The van der Waals surface area contributed by atoms with Crippen molar-refractivity contribution >= 4 is 40.4 Å². The highest BCUT2D eigenvalue weighted by molar-refractivity contribution is 6.33. The van der Waals surface area contributed by atoms with Gasteiger partial charge in [0.1, 0.15) is 6.33 Å². The van der Waals surface area contributed by atoms with Crippen LogP contribution in [0.5, 0.6) is 0 Å². The summed E-state index contributed by atoms with van der Waals surface area (Å²) in [6.07, 6.45) is -7.90. The monoisotopic (exact) mass is 478 g/mol. The number of pyridine rings is 1. The van der Waals surface area contributed by atoms with Crippen molar-refractivity contribution in [1.29, 1.82) is 0 Å². The highest BCUT2D eigenvalue weighted by Gasteiger charge is 2.32. The summed E-state index contributed by atoms with van der Waals surface area (Å²) < 4.78 is 76.3. The molecule has 32 heavy (non-hydrogen) atoms. The molecule has 15 heteroatoms. The van der Waals surface area contributed by atoms with Gasteiger partial charge in [0.05, 0.1) is 21.1 Å². The molecule has 0 saturated heterocycles. The molecule has 8 nitrogen and oxygen atoms in total. The van der Waals surface area contributed by atoms with E-state index in [0.717, 1.165) is 30.6 Å². The minimum atomic E-state index is -4.70. The summed E-state index contributed by atoms with van der Waals surface area (Å²) >= 11 is 5.79. The summed E-state index contributed by atoms with van der Waals surface area (Å²) in [6, 6.07) is 4.18. The van der Waals surface area contributed by atoms with Crippen molar-refractivity contribution < 1.29 is 31.3 Å². The molecule has 2 aromatic heterocycles. The Kier molecular flexibility index (Phi) is 6.07. The van der Waals surface area contributed by atoms with Gasteiger partial charge in [0.15, 0.2) is 5.82 Å². The van der Waals surface area contributed by atoms with E-state index in [4.69, 9.17) is 11.6 Å². The van der Waals surface area contributed by atoms with Gasteiger partial charge >= 0.3 is 18.0 Å². The molecule has 168 valence electrons. The number of hydrogen-bond acceptors (Lipinski definition) is 7. The summed E-state index contributed by atoms with van der Waals surface area (Å²) in [4.78, 5) is 21.6. The fourth-order valence-electron chi connectivity index (χ4n) is 2.41. The molecule has 3 rings (SSSR count). The summed E-state index contributed by atoms with van der Waals surface area (Å²) in [6.45, 7) is 0. The first-order chi connectivity index (χ1) is 14.9. The Morgan fingerprint density at radius 2 is 1.41 bits per heavy atom. The molecule has 0 spiro atoms. The molecular formula is C17H9ClF6N6O2. The number of hydrogen-bond donors (Lipinski definition) is 2. The van der Waals surface area contributed by atoms with Crippen LogP contribution in [0, 0.1) is 10.1 Å². The van der Waals surface area contributed by atoms with Gasteiger partial charge in [0, 0.05) is 11.9 Å². The zero-order valence-corrected chi connectivity index (χ0v) is 16.0. The Balaban J connectivity index is 1.93. The van der Waals surface area contributed by atoms with Crippen LogP contribution in [-0.4, -0.2) is 19.9 Å². The SMILES string of the molecule is O=[N+]([O-])c1c(Nc2ccc(C(F)(F)F)cc2)ncnc1Nc1ncc(C(F)(F)F)cc1Cl. The Bertz CT molecular complexity index is 1150. The molecule has 0 unspecified atom stereocenters. The third kappa shape index (κ3) is 5.14. The minimum absolute atomic E-state index is 0.0523. The molecule has 0 bridgehead atoms. The smallest absolute Gasteiger partial charge is 0.334 e. The second-order valence-electron chi connectivity index (χ2n) is 6.05. The van der Waals surface area contributed by atoms with E-state index in [1.165, 1.54) is 0 Å². The van der Waals surface area contributed by atoms with Gasteiger partial charge < -0.3 is 10.6 Å². The molecule has 0 fully saturated rings. The molecule has 2 N–H and O–H groups in total. The maximum absolute atomic E-state index is 12.7. The van der Waals surface area contributed by atoms with E-state index < -0.39 is 50.7 Å². The fraction of sp³-hybridized carbons (Fsp3) is 0.118. The number of rotatable bonds is 5. The molecule has 0 amide bonds. The number of nitro groups is 1. The first kappa shape index (κ1) is 23.0. The van der Waals surface area contributed by atoms with E-state index in [9.17, 15) is 36.5 Å².